The van der Waals surface area contributed by atoms with Crippen LogP contribution >= 0.6 is 0 Å². The number of nitrogens with zero attached hydrogens (tertiary/aromatic N) is 3. The molecule has 2 aromatic carbocycles. The molecule has 1 fully saturated rings. The van der Waals surface area contributed by atoms with Crippen molar-refractivity contribution in [1.29, 1.82) is 0 Å². The Morgan fingerprint density at radius 1 is 1.03 bits per heavy atom. The van der Waals surface area contributed by atoms with E-state index in [1.807, 2.05) is 0 Å². The molecule has 10 nitrogen and oxygen atoms in total. The Morgan fingerprint density at radius 3 is 2.38 bits per heavy atom. The van der Waals surface area contributed by atoms with Crippen LogP contribution in [0.25, 0.3) is 11.5 Å². The van der Waals surface area contributed by atoms with Crippen LogP contribution in [0, 0.1) is 0 Å². The van der Waals surface area contributed by atoms with Crippen LogP contribution in [0.1, 0.15) is 42.1 Å². The van der Waals surface area contributed by atoms with Gasteiger partial charge in [-0.15, -0.1) is 10.2 Å². The predicted molar refractivity (Wildman–Crippen MR) is 121 cm³/mol. The molecule has 3 aromatic rings. The third kappa shape index (κ3) is 4.75. The van der Waals surface area contributed by atoms with Gasteiger partial charge in [-0.05, 0) is 62.2 Å². The minimum absolute atomic E-state index is 0.0697. The molecule has 1 saturated heterocycles. The molecular formula is C23H25N3O7S. The van der Waals surface area contributed by atoms with Crippen molar-refractivity contribution >= 4 is 16.0 Å². The monoisotopic (exact) mass is 487 g/mol. The molecule has 2 heterocycles. The van der Waals surface area contributed by atoms with E-state index in [4.69, 9.17) is 18.6 Å². The molecule has 180 valence electrons. The highest BCUT2D eigenvalue weighted by molar-refractivity contribution is 7.89. The summed E-state index contributed by atoms with van der Waals surface area (Å²) < 4.78 is 49.0. The summed E-state index contributed by atoms with van der Waals surface area (Å²) in [7, 11) is -0.844. The molecule has 0 aliphatic carbocycles. The van der Waals surface area contributed by atoms with Gasteiger partial charge in [0.15, 0.2) is 6.10 Å². The van der Waals surface area contributed by atoms with Gasteiger partial charge in [-0.2, -0.15) is 4.31 Å². The van der Waals surface area contributed by atoms with Crippen LogP contribution in [0.2, 0.25) is 0 Å². The first-order chi connectivity index (χ1) is 16.3. The minimum atomic E-state index is -3.80. The van der Waals surface area contributed by atoms with Crippen molar-refractivity contribution in [2.75, 3.05) is 27.3 Å². The van der Waals surface area contributed by atoms with Crippen LogP contribution in [0.3, 0.4) is 0 Å². The van der Waals surface area contributed by atoms with Crippen molar-refractivity contribution in [3.05, 3.63) is 53.9 Å². The number of sulfonamides is 1. The van der Waals surface area contributed by atoms with Gasteiger partial charge in [0.05, 0.1) is 19.8 Å². The largest absolute Gasteiger partial charge is 0.497 e. The fourth-order valence-corrected chi connectivity index (χ4v) is 5.30. The molecule has 0 N–H and O–H groups in total. The van der Waals surface area contributed by atoms with Gasteiger partial charge in [0, 0.05) is 18.7 Å². The summed E-state index contributed by atoms with van der Waals surface area (Å²) in [6.07, 6.45) is 0.736. The zero-order valence-electron chi connectivity index (χ0n) is 19.1. The Labute approximate surface area is 197 Å². The maximum atomic E-state index is 13.1. The first-order valence-corrected chi connectivity index (χ1v) is 12.1. The Bertz CT molecular complexity index is 1270. The average molecular weight is 488 g/mol. The summed E-state index contributed by atoms with van der Waals surface area (Å²) in [4.78, 5) is 12.7. The van der Waals surface area contributed by atoms with Crippen molar-refractivity contribution in [2.45, 2.75) is 30.8 Å². The standard InChI is InChI=1S/C23H25N3O7S/c1-15(21-24-25-22(33-21)16-6-9-18(30-2)10-7-16)32-23(27)17-8-11-19(31-3)20(14-17)34(28,29)26-12-4-5-13-26/h6-11,14-15H,4-5,12-13H2,1-3H3/t15-/m0/s1. The summed E-state index contributed by atoms with van der Waals surface area (Å²) in [5, 5.41) is 7.98. The lowest BCUT2D eigenvalue weighted by Crippen LogP contribution is -2.28. The van der Waals surface area contributed by atoms with Gasteiger partial charge in [-0.25, -0.2) is 13.2 Å². The Hall–Kier alpha value is -3.44. The summed E-state index contributed by atoms with van der Waals surface area (Å²) >= 11 is 0. The highest BCUT2D eigenvalue weighted by Crippen LogP contribution is 2.31. The van der Waals surface area contributed by atoms with Gasteiger partial charge in [0.2, 0.25) is 15.9 Å². The Kier molecular flexibility index (Phi) is 6.85. The SMILES string of the molecule is COc1ccc(-c2nnc([C@H](C)OC(=O)c3ccc(OC)c(S(=O)(=O)N4CCCC4)c3)o2)cc1. The summed E-state index contributed by atoms with van der Waals surface area (Å²) in [5.74, 6) is 0.507. The van der Waals surface area contributed by atoms with Crippen molar-refractivity contribution in [2.24, 2.45) is 0 Å². The topological polar surface area (TPSA) is 121 Å². The van der Waals surface area contributed by atoms with Crippen LogP contribution < -0.4 is 9.47 Å². The normalized spacial score (nSPS) is 15.1. The van der Waals surface area contributed by atoms with Crippen molar-refractivity contribution in [1.82, 2.24) is 14.5 Å². The zero-order chi connectivity index (χ0) is 24.3. The highest BCUT2D eigenvalue weighted by atomic mass is 32.2. The second-order valence-electron chi connectivity index (χ2n) is 7.70. The van der Waals surface area contributed by atoms with Crippen LogP contribution in [0.15, 0.2) is 51.8 Å². The number of hydrogen-bond donors (Lipinski definition) is 0. The fraction of sp³-hybridized carbons (Fsp3) is 0.348. The van der Waals surface area contributed by atoms with Crippen LogP contribution in [-0.2, 0) is 14.8 Å². The number of rotatable bonds is 8. The van der Waals surface area contributed by atoms with E-state index in [0.717, 1.165) is 12.8 Å². The number of carbonyl (C=O) groups excluding carboxylic acids is 1. The molecule has 0 amide bonds. The quantitative estimate of drug-likeness (QED) is 0.440. The van der Waals surface area contributed by atoms with Crippen LogP contribution in [-0.4, -0.2) is 56.2 Å². The van der Waals surface area contributed by atoms with Gasteiger partial charge in [0.1, 0.15) is 16.4 Å². The maximum absolute atomic E-state index is 13.1. The Balaban J connectivity index is 1.52. The average Bonchev–Trinajstić information content (AvgIpc) is 3.57. The third-order valence-corrected chi connectivity index (χ3v) is 7.41. The van der Waals surface area contributed by atoms with Crippen molar-refractivity contribution in [3.8, 4) is 23.0 Å². The van der Waals surface area contributed by atoms with Gasteiger partial charge in [0.25, 0.3) is 5.89 Å². The molecule has 0 unspecified atom stereocenters. The molecule has 1 aromatic heterocycles. The maximum Gasteiger partial charge on any atom is 0.338 e. The van der Waals surface area contributed by atoms with E-state index in [0.29, 0.717) is 24.4 Å². The molecule has 1 aliphatic rings. The van der Waals surface area contributed by atoms with E-state index < -0.39 is 22.1 Å². The van der Waals surface area contributed by atoms with E-state index in [-0.39, 0.29) is 28.0 Å². The highest BCUT2D eigenvalue weighted by Gasteiger charge is 2.31. The van der Waals surface area contributed by atoms with Crippen molar-refractivity contribution < 1.29 is 31.8 Å². The lowest BCUT2D eigenvalue weighted by Gasteiger charge is -2.18. The molecular weight excluding hydrogens is 462 g/mol. The van der Waals surface area contributed by atoms with Crippen LogP contribution in [0.5, 0.6) is 11.5 Å². The summed E-state index contributed by atoms with van der Waals surface area (Å²) in [6, 6.07) is 11.2. The summed E-state index contributed by atoms with van der Waals surface area (Å²) in [5.41, 5.74) is 0.755. The predicted octanol–water partition coefficient (Wildman–Crippen LogP) is 3.46. The lowest BCUT2D eigenvalue weighted by molar-refractivity contribution is 0.0279. The van der Waals surface area contributed by atoms with E-state index in [1.54, 1.807) is 38.3 Å². The minimum Gasteiger partial charge on any atom is -0.497 e. The third-order valence-electron chi connectivity index (χ3n) is 5.49. The smallest absolute Gasteiger partial charge is 0.338 e. The molecule has 4 rings (SSSR count). The van der Waals surface area contributed by atoms with E-state index in [1.165, 1.54) is 29.6 Å². The van der Waals surface area contributed by atoms with E-state index in [2.05, 4.69) is 10.2 Å². The number of carbonyl (C=O) groups is 1. The second-order valence-corrected chi connectivity index (χ2v) is 9.60. The molecule has 34 heavy (non-hydrogen) atoms. The first kappa shape index (κ1) is 23.7. The lowest BCUT2D eigenvalue weighted by atomic mass is 10.2. The second kappa shape index (κ2) is 9.82. The van der Waals surface area contributed by atoms with Gasteiger partial charge in [-0.3, -0.25) is 0 Å². The fourth-order valence-electron chi connectivity index (χ4n) is 3.60. The number of ether oxygens (including phenoxy) is 3. The first-order valence-electron chi connectivity index (χ1n) is 10.7. The Morgan fingerprint density at radius 2 is 1.74 bits per heavy atom. The molecule has 1 aliphatic heterocycles. The zero-order valence-corrected chi connectivity index (χ0v) is 19.9. The molecule has 0 radical (unpaired) electrons. The van der Waals surface area contributed by atoms with Gasteiger partial charge in [-0.1, -0.05) is 0 Å². The van der Waals surface area contributed by atoms with Crippen molar-refractivity contribution in [3.63, 3.8) is 0 Å². The molecule has 1 atom stereocenters. The number of hydrogen-bond acceptors (Lipinski definition) is 9. The van der Waals surface area contributed by atoms with Crippen LogP contribution in [0.4, 0.5) is 0 Å². The number of methoxy groups -OCH3 is 2. The van der Waals surface area contributed by atoms with Gasteiger partial charge >= 0.3 is 5.97 Å². The number of esters is 1. The molecule has 0 bridgehead atoms. The molecule has 11 heteroatoms. The molecule has 0 spiro atoms. The number of aromatic nitrogens is 2. The number of benzene rings is 2. The molecule has 0 saturated carbocycles. The van der Waals surface area contributed by atoms with E-state index >= 15 is 0 Å². The van der Waals surface area contributed by atoms with E-state index in [9.17, 15) is 13.2 Å². The van der Waals surface area contributed by atoms with Gasteiger partial charge < -0.3 is 18.6 Å². The summed E-state index contributed by atoms with van der Waals surface area (Å²) in [6.45, 7) is 2.46.